The van der Waals surface area contributed by atoms with E-state index in [1.807, 2.05) is 48.5 Å². The van der Waals surface area contributed by atoms with Crippen molar-refractivity contribution >= 4 is 17.4 Å². The first-order valence-electron chi connectivity index (χ1n) is 7.18. The van der Waals surface area contributed by atoms with Crippen LogP contribution in [0.25, 0.3) is 0 Å². The Hall–Kier alpha value is -2.00. The molecule has 2 rings (SSSR count). The smallest absolute Gasteiger partial charge is 0.167 e. The summed E-state index contributed by atoms with van der Waals surface area (Å²) in [6.07, 6.45) is 1.11. The van der Waals surface area contributed by atoms with Crippen LogP contribution in [0, 0.1) is 0 Å². The summed E-state index contributed by atoms with van der Waals surface area (Å²) in [7, 11) is 1.59. The highest BCUT2D eigenvalue weighted by Crippen LogP contribution is 2.28. The van der Waals surface area contributed by atoms with Crippen LogP contribution >= 0.6 is 11.6 Å². The van der Waals surface area contributed by atoms with Crippen molar-refractivity contribution in [3.05, 3.63) is 59.7 Å². The number of ether oxygens (including phenoxy) is 2. The number of halogens is 1. The molecule has 0 bridgehead atoms. The summed E-state index contributed by atoms with van der Waals surface area (Å²) < 4.78 is 11.0. The lowest BCUT2D eigenvalue weighted by Gasteiger charge is -2.11. The molecule has 0 N–H and O–H groups in total. The Bertz CT molecular complexity index is 611. The number of methoxy groups -OCH3 is 1. The molecule has 0 aliphatic heterocycles. The molecular weight excluding hydrogens is 300 g/mol. The lowest BCUT2D eigenvalue weighted by molar-refractivity contribution is 0.0993. The molecule has 0 aromatic heterocycles. The molecule has 0 saturated carbocycles. The maximum absolute atomic E-state index is 12.2. The summed E-state index contributed by atoms with van der Waals surface area (Å²) in [5.41, 5.74) is 1.61. The van der Waals surface area contributed by atoms with E-state index in [4.69, 9.17) is 21.1 Å². The minimum absolute atomic E-state index is 0.0819. The third kappa shape index (κ3) is 4.50. The zero-order valence-corrected chi connectivity index (χ0v) is 13.3. The average Bonchev–Trinajstić information content (AvgIpc) is 2.57. The van der Waals surface area contributed by atoms with Gasteiger partial charge in [-0.15, -0.1) is 11.6 Å². The molecule has 2 aromatic carbocycles. The van der Waals surface area contributed by atoms with Crippen LogP contribution in [0.5, 0.6) is 11.5 Å². The molecule has 116 valence electrons. The lowest BCUT2D eigenvalue weighted by Crippen LogP contribution is -2.04. The fourth-order valence-corrected chi connectivity index (χ4v) is 2.20. The van der Waals surface area contributed by atoms with Crippen LogP contribution in [0.2, 0.25) is 0 Å². The predicted molar refractivity (Wildman–Crippen MR) is 88.3 cm³/mol. The van der Waals surface area contributed by atoms with Crippen molar-refractivity contribution in [2.75, 3.05) is 19.6 Å². The van der Waals surface area contributed by atoms with Crippen molar-refractivity contribution in [1.29, 1.82) is 0 Å². The van der Waals surface area contributed by atoms with Gasteiger partial charge < -0.3 is 9.47 Å². The van der Waals surface area contributed by atoms with E-state index in [0.717, 1.165) is 12.0 Å². The lowest BCUT2D eigenvalue weighted by atomic mass is 10.0. The van der Waals surface area contributed by atoms with Crippen LogP contribution in [0.3, 0.4) is 0 Å². The Kier molecular flexibility index (Phi) is 6.28. The van der Waals surface area contributed by atoms with Crippen molar-refractivity contribution in [3.8, 4) is 11.5 Å². The highest BCUT2D eigenvalue weighted by atomic mass is 35.5. The maximum Gasteiger partial charge on any atom is 0.167 e. The minimum atomic E-state index is 0.0819. The first kappa shape index (κ1) is 16.4. The van der Waals surface area contributed by atoms with Gasteiger partial charge in [0.2, 0.25) is 0 Å². The molecule has 0 spiro atoms. The van der Waals surface area contributed by atoms with Gasteiger partial charge in [-0.1, -0.05) is 36.4 Å². The van der Waals surface area contributed by atoms with Gasteiger partial charge in [0.25, 0.3) is 0 Å². The van der Waals surface area contributed by atoms with E-state index in [-0.39, 0.29) is 5.78 Å². The first-order valence-corrected chi connectivity index (χ1v) is 7.72. The number of carbonyl (C=O) groups is 1. The highest BCUT2D eigenvalue weighted by Gasteiger charge is 2.10. The molecule has 22 heavy (non-hydrogen) atoms. The molecule has 0 amide bonds. The molecule has 3 nitrogen and oxygen atoms in total. The molecule has 4 heteroatoms. The fraction of sp³-hybridized carbons (Fsp3) is 0.278. The second-order valence-corrected chi connectivity index (χ2v) is 5.22. The van der Waals surface area contributed by atoms with Crippen molar-refractivity contribution in [3.63, 3.8) is 0 Å². The molecule has 0 aliphatic rings. The van der Waals surface area contributed by atoms with Crippen molar-refractivity contribution in [2.24, 2.45) is 0 Å². The molecule has 0 radical (unpaired) electrons. The summed E-state index contributed by atoms with van der Waals surface area (Å²) in [5, 5.41) is 0. The van der Waals surface area contributed by atoms with E-state index in [9.17, 15) is 4.79 Å². The first-order chi connectivity index (χ1) is 10.7. The van der Waals surface area contributed by atoms with Gasteiger partial charge in [0.15, 0.2) is 17.3 Å². The topological polar surface area (TPSA) is 35.5 Å². The van der Waals surface area contributed by atoms with Gasteiger partial charge in [0.05, 0.1) is 13.7 Å². The second kappa shape index (κ2) is 8.44. The van der Waals surface area contributed by atoms with Gasteiger partial charge in [0, 0.05) is 17.9 Å². The second-order valence-electron chi connectivity index (χ2n) is 4.84. The highest BCUT2D eigenvalue weighted by molar-refractivity contribution is 6.17. The number of ketones is 1. The Morgan fingerprint density at radius 2 is 1.86 bits per heavy atom. The van der Waals surface area contributed by atoms with Crippen molar-refractivity contribution in [2.45, 2.75) is 12.8 Å². The van der Waals surface area contributed by atoms with Crippen molar-refractivity contribution < 1.29 is 14.3 Å². The predicted octanol–water partition coefficient (Wildman–Crippen LogP) is 4.13. The Morgan fingerprint density at radius 1 is 1.09 bits per heavy atom. The van der Waals surface area contributed by atoms with Crippen LogP contribution in [-0.2, 0) is 6.42 Å². The van der Waals surface area contributed by atoms with E-state index in [0.29, 0.717) is 36.0 Å². The van der Waals surface area contributed by atoms with Crippen molar-refractivity contribution in [1.82, 2.24) is 0 Å². The minimum Gasteiger partial charge on any atom is -0.493 e. The molecule has 2 aromatic rings. The third-order valence-electron chi connectivity index (χ3n) is 3.22. The van der Waals surface area contributed by atoms with Crippen LogP contribution in [0.4, 0.5) is 0 Å². The molecule has 0 atom stereocenters. The summed E-state index contributed by atoms with van der Waals surface area (Å²) in [6.45, 7) is 0.544. The SMILES string of the molecule is COc1cc(CC(=O)c2ccccc2)ccc1OCCCCl. The van der Waals surface area contributed by atoms with E-state index in [1.54, 1.807) is 7.11 Å². The van der Waals surface area contributed by atoms with Gasteiger partial charge >= 0.3 is 0 Å². The Balaban J connectivity index is 2.07. The van der Waals surface area contributed by atoms with Crippen LogP contribution in [0.15, 0.2) is 48.5 Å². The van der Waals surface area contributed by atoms with Crippen LogP contribution < -0.4 is 9.47 Å². The largest absolute Gasteiger partial charge is 0.493 e. The number of Topliss-reactive ketones (excluding diaryl/α,β-unsaturated/α-hetero) is 1. The summed E-state index contributed by atoms with van der Waals surface area (Å²) in [6, 6.07) is 14.8. The standard InChI is InChI=1S/C18H19ClO3/c1-21-18-13-14(8-9-17(18)22-11-5-10-19)12-16(20)15-6-3-2-4-7-15/h2-4,6-9,13H,5,10-12H2,1H3. The number of carbonyl (C=O) groups excluding carboxylic acids is 1. The average molecular weight is 319 g/mol. The van der Waals surface area contributed by atoms with E-state index in [1.165, 1.54) is 0 Å². The molecule has 0 heterocycles. The quantitative estimate of drug-likeness (QED) is 0.417. The van der Waals surface area contributed by atoms with Gasteiger partial charge in [-0.2, -0.15) is 0 Å². The molecule has 0 saturated heterocycles. The molecular formula is C18H19ClO3. The monoisotopic (exact) mass is 318 g/mol. The van der Waals surface area contributed by atoms with Gasteiger partial charge in [0.1, 0.15) is 0 Å². The van der Waals surface area contributed by atoms with Gasteiger partial charge in [-0.3, -0.25) is 4.79 Å². The zero-order valence-electron chi connectivity index (χ0n) is 12.5. The van der Waals surface area contributed by atoms with Crippen LogP contribution in [-0.4, -0.2) is 25.4 Å². The van der Waals surface area contributed by atoms with Gasteiger partial charge in [-0.05, 0) is 24.1 Å². The summed E-state index contributed by atoms with van der Waals surface area (Å²) in [5.74, 6) is 1.95. The van der Waals surface area contributed by atoms with E-state index in [2.05, 4.69) is 0 Å². The summed E-state index contributed by atoms with van der Waals surface area (Å²) in [4.78, 5) is 12.2. The molecule has 0 aliphatic carbocycles. The van der Waals surface area contributed by atoms with Crippen LogP contribution in [0.1, 0.15) is 22.3 Å². The Morgan fingerprint density at radius 3 is 2.55 bits per heavy atom. The number of rotatable bonds is 8. The normalized spacial score (nSPS) is 10.3. The van der Waals surface area contributed by atoms with E-state index >= 15 is 0 Å². The fourth-order valence-electron chi connectivity index (χ4n) is 2.09. The molecule has 0 unspecified atom stereocenters. The third-order valence-corrected chi connectivity index (χ3v) is 3.49. The Labute approximate surface area is 135 Å². The maximum atomic E-state index is 12.2. The van der Waals surface area contributed by atoms with E-state index < -0.39 is 0 Å². The number of hydrogen-bond donors (Lipinski definition) is 0. The molecule has 0 fully saturated rings. The van der Waals surface area contributed by atoms with Gasteiger partial charge in [-0.25, -0.2) is 0 Å². The number of hydrogen-bond acceptors (Lipinski definition) is 3. The number of alkyl halides is 1. The number of benzene rings is 2. The summed E-state index contributed by atoms with van der Waals surface area (Å²) >= 11 is 5.63. The zero-order chi connectivity index (χ0) is 15.8.